The maximum Gasteiger partial charge on any atom is 0.387 e. The molecule has 1 aromatic rings. The van der Waals surface area contributed by atoms with Crippen LogP contribution in [0.15, 0.2) is 36.9 Å². The van der Waals surface area contributed by atoms with Crippen molar-refractivity contribution in [3.63, 3.8) is 0 Å². The summed E-state index contributed by atoms with van der Waals surface area (Å²) >= 11 is 0. The van der Waals surface area contributed by atoms with Gasteiger partial charge in [0.15, 0.2) is 0 Å². The highest BCUT2D eigenvalue weighted by Gasteiger charge is 2.03. The van der Waals surface area contributed by atoms with Crippen LogP contribution in [0.2, 0.25) is 0 Å². The van der Waals surface area contributed by atoms with Crippen LogP contribution >= 0.6 is 0 Å². The number of alkyl halides is 2. The number of rotatable bonds is 5. The standard InChI is InChI=1S/C11H13F2NO/c1-3-8(2)14-9-4-6-10(7-5-9)15-11(12)13/h3-8,11,14H,1H2,2H3. The minimum atomic E-state index is -2.78. The van der Waals surface area contributed by atoms with Gasteiger partial charge in [-0.25, -0.2) is 0 Å². The lowest BCUT2D eigenvalue weighted by molar-refractivity contribution is -0.0498. The Morgan fingerprint density at radius 2 is 1.93 bits per heavy atom. The van der Waals surface area contributed by atoms with Crippen LogP contribution in [-0.2, 0) is 0 Å². The molecule has 0 aliphatic heterocycles. The van der Waals surface area contributed by atoms with Gasteiger partial charge in [-0.3, -0.25) is 0 Å². The second kappa shape index (κ2) is 5.34. The molecule has 4 heteroatoms. The zero-order valence-electron chi connectivity index (χ0n) is 8.41. The van der Waals surface area contributed by atoms with Gasteiger partial charge in [0, 0.05) is 11.7 Å². The minimum absolute atomic E-state index is 0.131. The van der Waals surface area contributed by atoms with E-state index in [1.165, 1.54) is 12.1 Å². The van der Waals surface area contributed by atoms with Crippen LogP contribution in [0.3, 0.4) is 0 Å². The minimum Gasteiger partial charge on any atom is -0.435 e. The van der Waals surface area contributed by atoms with Crippen LogP contribution in [0.25, 0.3) is 0 Å². The van der Waals surface area contributed by atoms with E-state index in [2.05, 4.69) is 16.6 Å². The van der Waals surface area contributed by atoms with Crippen molar-refractivity contribution in [3.8, 4) is 5.75 Å². The van der Waals surface area contributed by atoms with Crippen molar-refractivity contribution in [1.82, 2.24) is 0 Å². The molecule has 82 valence electrons. The Bertz CT molecular complexity index is 311. The SMILES string of the molecule is C=CC(C)Nc1ccc(OC(F)F)cc1. The first-order valence-corrected chi connectivity index (χ1v) is 4.56. The molecule has 0 amide bonds. The van der Waals surface area contributed by atoms with Crippen molar-refractivity contribution in [1.29, 1.82) is 0 Å². The largest absolute Gasteiger partial charge is 0.435 e. The molecule has 0 saturated heterocycles. The fourth-order valence-electron chi connectivity index (χ4n) is 1.05. The summed E-state index contributed by atoms with van der Waals surface area (Å²) in [7, 11) is 0. The van der Waals surface area contributed by atoms with E-state index in [4.69, 9.17) is 0 Å². The average molecular weight is 213 g/mol. The van der Waals surface area contributed by atoms with Gasteiger partial charge in [-0.2, -0.15) is 8.78 Å². The molecule has 2 nitrogen and oxygen atoms in total. The van der Waals surface area contributed by atoms with Crippen molar-refractivity contribution >= 4 is 5.69 Å². The monoisotopic (exact) mass is 213 g/mol. The quantitative estimate of drug-likeness (QED) is 0.758. The molecule has 1 atom stereocenters. The van der Waals surface area contributed by atoms with Gasteiger partial charge >= 0.3 is 6.61 Å². The predicted molar refractivity (Wildman–Crippen MR) is 56.4 cm³/mol. The van der Waals surface area contributed by atoms with Crippen LogP contribution in [0.5, 0.6) is 5.75 Å². The van der Waals surface area contributed by atoms with Gasteiger partial charge in [0.1, 0.15) is 5.75 Å². The average Bonchev–Trinajstić information content (AvgIpc) is 2.20. The van der Waals surface area contributed by atoms with Crippen LogP contribution in [0.4, 0.5) is 14.5 Å². The van der Waals surface area contributed by atoms with E-state index < -0.39 is 6.61 Å². The van der Waals surface area contributed by atoms with Gasteiger partial charge in [-0.1, -0.05) is 6.08 Å². The summed E-state index contributed by atoms with van der Waals surface area (Å²) in [4.78, 5) is 0. The number of halogens is 2. The third kappa shape index (κ3) is 3.97. The Labute approximate surface area is 87.6 Å². The smallest absolute Gasteiger partial charge is 0.387 e. The highest BCUT2D eigenvalue weighted by molar-refractivity contribution is 5.47. The van der Waals surface area contributed by atoms with E-state index in [-0.39, 0.29) is 11.8 Å². The van der Waals surface area contributed by atoms with Crippen molar-refractivity contribution < 1.29 is 13.5 Å². The third-order valence-electron chi connectivity index (χ3n) is 1.83. The number of nitrogens with one attached hydrogen (secondary N) is 1. The summed E-state index contributed by atoms with van der Waals surface area (Å²) in [6.45, 7) is 2.79. The van der Waals surface area contributed by atoms with E-state index in [1.54, 1.807) is 18.2 Å². The van der Waals surface area contributed by atoms with Crippen LogP contribution in [-0.4, -0.2) is 12.7 Å². The van der Waals surface area contributed by atoms with E-state index in [1.807, 2.05) is 6.92 Å². The summed E-state index contributed by atoms with van der Waals surface area (Å²) in [6.07, 6.45) is 1.75. The number of hydrogen-bond acceptors (Lipinski definition) is 2. The molecule has 0 aromatic heterocycles. The lowest BCUT2D eigenvalue weighted by Gasteiger charge is -2.11. The topological polar surface area (TPSA) is 21.3 Å². The maximum absolute atomic E-state index is 11.8. The second-order valence-electron chi connectivity index (χ2n) is 3.07. The summed E-state index contributed by atoms with van der Waals surface area (Å²) in [6, 6.07) is 6.47. The van der Waals surface area contributed by atoms with Crippen LogP contribution < -0.4 is 10.1 Å². The van der Waals surface area contributed by atoms with Gasteiger partial charge in [0.25, 0.3) is 0 Å². The van der Waals surface area contributed by atoms with Gasteiger partial charge in [0.2, 0.25) is 0 Å². The number of benzene rings is 1. The van der Waals surface area contributed by atoms with E-state index in [9.17, 15) is 8.78 Å². The van der Waals surface area contributed by atoms with Gasteiger partial charge in [-0.15, -0.1) is 6.58 Å². The molecule has 1 unspecified atom stereocenters. The molecule has 0 fully saturated rings. The van der Waals surface area contributed by atoms with Gasteiger partial charge < -0.3 is 10.1 Å². The Morgan fingerprint density at radius 3 is 2.40 bits per heavy atom. The second-order valence-corrected chi connectivity index (χ2v) is 3.07. The molecule has 0 radical (unpaired) electrons. The van der Waals surface area contributed by atoms with Gasteiger partial charge in [0.05, 0.1) is 0 Å². The Balaban J connectivity index is 2.59. The summed E-state index contributed by atoms with van der Waals surface area (Å²) in [5, 5.41) is 3.11. The van der Waals surface area contributed by atoms with E-state index >= 15 is 0 Å². The highest BCUT2D eigenvalue weighted by atomic mass is 19.3. The van der Waals surface area contributed by atoms with Crippen LogP contribution in [0.1, 0.15) is 6.92 Å². The lowest BCUT2D eigenvalue weighted by Crippen LogP contribution is -2.11. The normalized spacial score (nSPS) is 12.3. The van der Waals surface area contributed by atoms with Crippen molar-refractivity contribution in [2.45, 2.75) is 19.6 Å². The fourth-order valence-corrected chi connectivity index (χ4v) is 1.05. The Kier molecular flexibility index (Phi) is 4.09. The molecule has 1 N–H and O–H groups in total. The lowest BCUT2D eigenvalue weighted by atomic mass is 10.2. The first-order chi connectivity index (χ1) is 7.11. The molecule has 0 aliphatic carbocycles. The fraction of sp³-hybridized carbons (Fsp3) is 0.273. The predicted octanol–water partition coefficient (Wildman–Crippen LogP) is 3.27. The zero-order valence-corrected chi connectivity index (χ0v) is 8.41. The van der Waals surface area contributed by atoms with Crippen molar-refractivity contribution in [2.75, 3.05) is 5.32 Å². The molecule has 0 spiro atoms. The molecule has 1 rings (SSSR count). The first kappa shape index (κ1) is 11.5. The highest BCUT2D eigenvalue weighted by Crippen LogP contribution is 2.18. The molecule has 0 saturated carbocycles. The van der Waals surface area contributed by atoms with E-state index in [0.29, 0.717) is 0 Å². The van der Waals surface area contributed by atoms with Crippen LogP contribution in [0, 0.1) is 0 Å². The number of ether oxygens (including phenoxy) is 1. The third-order valence-corrected chi connectivity index (χ3v) is 1.83. The maximum atomic E-state index is 11.8. The first-order valence-electron chi connectivity index (χ1n) is 4.56. The molecule has 15 heavy (non-hydrogen) atoms. The molecule has 0 heterocycles. The summed E-state index contributed by atoms with van der Waals surface area (Å²) in [5.74, 6) is 0.154. The summed E-state index contributed by atoms with van der Waals surface area (Å²) in [5.41, 5.74) is 0.837. The molecule has 0 bridgehead atoms. The summed E-state index contributed by atoms with van der Waals surface area (Å²) < 4.78 is 27.9. The molecule has 1 aromatic carbocycles. The molecular weight excluding hydrogens is 200 g/mol. The number of anilines is 1. The molecule has 0 aliphatic rings. The molecular formula is C11H13F2NO. The Hall–Kier alpha value is -1.58. The number of hydrogen-bond donors (Lipinski definition) is 1. The van der Waals surface area contributed by atoms with E-state index in [0.717, 1.165) is 5.69 Å². The zero-order chi connectivity index (χ0) is 11.3. The van der Waals surface area contributed by atoms with Gasteiger partial charge in [-0.05, 0) is 31.2 Å². The van der Waals surface area contributed by atoms with Crippen molar-refractivity contribution in [3.05, 3.63) is 36.9 Å². The van der Waals surface area contributed by atoms with Crippen molar-refractivity contribution in [2.24, 2.45) is 0 Å². The Morgan fingerprint density at radius 1 is 1.33 bits per heavy atom.